The van der Waals surface area contributed by atoms with E-state index in [0.717, 1.165) is 71.9 Å². The zero-order valence-electron chi connectivity index (χ0n) is 23.8. The number of nitrogens with one attached hydrogen (secondary N) is 2. The number of hydrogen-bond acceptors (Lipinski definition) is 8. The number of pyridine rings is 2. The van der Waals surface area contributed by atoms with E-state index < -0.39 is 11.8 Å². The number of carbonyl (C=O) groups is 2. The summed E-state index contributed by atoms with van der Waals surface area (Å²) in [5, 5.41) is 14.6. The molecule has 1 saturated heterocycles. The van der Waals surface area contributed by atoms with E-state index in [1.807, 2.05) is 18.3 Å². The molecular weight excluding hydrogens is 571 g/mol. The van der Waals surface area contributed by atoms with Crippen LogP contribution in [0.1, 0.15) is 25.3 Å². The molecule has 43 heavy (non-hydrogen) atoms. The second kappa shape index (κ2) is 12.6. The average molecular weight is 605 g/mol. The molecule has 1 saturated carbocycles. The lowest BCUT2D eigenvalue weighted by atomic mass is 10.1. The minimum Gasteiger partial charge on any atom is -0.481 e. The van der Waals surface area contributed by atoms with Gasteiger partial charge in [-0.2, -0.15) is 0 Å². The molecule has 4 aromatic rings. The first-order valence-electron chi connectivity index (χ1n) is 14.4. The maximum atomic E-state index is 14.9. The van der Waals surface area contributed by atoms with Gasteiger partial charge in [0.15, 0.2) is 11.6 Å². The van der Waals surface area contributed by atoms with Crippen molar-refractivity contribution in [2.45, 2.75) is 32.4 Å². The first kappa shape index (κ1) is 29.0. The number of ether oxygens (including phenoxy) is 1. The van der Waals surface area contributed by atoms with Crippen molar-refractivity contribution in [3.63, 3.8) is 0 Å². The molecule has 4 heterocycles. The lowest BCUT2D eigenvalue weighted by Crippen LogP contribution is -2.47. The van der Waals surface area contributed by atoms with E-state index in [1.165, 1.54) is 23.5 Å². The Bertz CT molecular complexity index is 1620. The molecule has 1 atom stereocenters. The number of piperazine rings is 1. The van der Waals surface area contributed by atoms with Crippen molar-refractivity contribution >= 4 is 39.2 Å². The molecule has 2 amide bonds. The molecule has 3 N–H and O–H groups in total. The number of fused-ring (bicyclic) bond motifs is 1. The second-order valence-electron chi connectivity index (χ2n) is 11.1. The van der Waals surface area contributed by atoms with Gasteiger partial charge in [-0.25, -0.2) is 9.18 Å². The Morgan fingerprint density at radius 1 is 1.07 bits per heavy atom. The Morgan fingerprint density at radius 3 is 2.56 bits per heavy atom. The average Bonchev–Trinajstić information content (AvgIpc) is 3.69. The van der Waals surface area contributed by atoms with Gasteiger partial charge in [0, 0.05) is 75.5 Å². The van der Waals surface area contributed by atoms with Crippen LogP contribution in [0.25, 0.3) is 20.8 Å². The number of aromatic nitrogens is 2. The topological polar surface area (TPSA) is 120 Å². The summed E-state index contributed by atoms with van der Waals surface area (Å²) >= 11 is 1.48. The number of thiophene rings is 1. The van der Waals surface area contributed by atoms with Crippen LogP contribution in [0.3, 0.4) is 0 Å². The SMILES string of the molecule is C[C@H](CN1CCN(Cc2ccc(-c3cc4nccc(Oc5ccc(NC(=O)NC6CC6)cc5F)c4s3)nc2)CC1)C(=O)O. The quantitative estimate of drug-likeness (QED) is 0.220. The van der Waals surface area contributed by atoms with E-state index in [9.17, 15) is 14.0 Å². The summed E-state index contributed by atoms with van der Waals surface area (Å²) in [6.07, 6.45) is 5.46. The lowest BCUT2D eigenvalue weighted by Gasteiger charge is -2.35. The van der Waals surface area contributed by atoms with Crippen LogP contribution >= 0.6 is 11.3 Å². The molecule has 2 fully saturated rings. The van der Waals surface area contributed by atoms with Crippen molar-refractivity contribution in [3.8, 4) is 22.1 Å². The van der Waals surface area contributed by atoms with Gasteiger partial charge in [0.1, 0.15) is 5.75 Å². The van der Waals surface area contributed by atoms with Gasteiger partial charge in [-0.15, -0.1) is 11.3 Å². The molecule has 12 heteroatoms. The number of aliphatic carboxylic acids is 1. The highest BCUT2D eigenvalue weighted by molar-refractivity contribution is 7.22. The molecule has 3 aromatic heterocycles. The molecule has 0 radical (unpaired) electrons. The predicted molar refractivity (Wildman–Crippen MR) is 163 cm³/mol. The first-order valence-corrected chi connectivity index (χ1v) is 15.2. The third kappa shape index (κ3) is 7.27. The summed E-state index contributed by atoms with van der Waals surface area (Å²) in [5.74, 6) is -1.16. The number of carboxylic acid groups (broad SMARTS) is 1. The number of urea groups is 1. The summed E-state index contributed by atoms with van der Waals surface area (Å²) in [6.45, 7) is 6.58. The van der Waals surface area contributed by atoms with E-state index in [1.54, 1.807) is 25.3 Å². The monoisotopic (exact) mass is 604 g/mol. The van der Waals surface area contributed by atoms with E-state index in [0.29, 0.717) is 18.0 Å². The van der Waals surface area contributed by atoms with Crippen molar-refractivity contribution in [1.29, 1.82) is 0 Å². The number of nitrogens with zero attached hydrogens (tertiary/aromatic N) is 4. The molecule has 224 valence electrons. The number of rotatable bonds is 10. The number of anilines is 1. The van der Waals surface area contributed by atoms with Gasteiger partial charge in [-0.1, -0.05) is 13.0 Å². The zero-order valence-corrected chi connectivity index (χ0v) is 24.6. The molecule has 0 unspecified atom stereocenters. The van der Waals surface area contributed by atoms with Gasteiger partial charge in [0.2, 0.25) is 0 Å². The predicted octanol–water partition coefficient (Wildman–Crippen LogP) is 5.41. The van der Waals surface area contributed by atoms with Crippen molar-refractivity contribution in [3.05, 3.63) is 66.2 Å². The molecule has 1 aliphatic heterocycles. The van der Waals surface area contributed by atoms with Crippen LogP contribution in [0.15, 0.2) is 54.9 Å². The molecule has 0 spiro atoms. The Morgan fingerprint density at radius 2 is 1.86 bits per heavy atom. The van der Waals surface area contributed by atoms with E-state index in [4.69, 9.17) is 14.8 Å². The number of carbonyl (C=O) groups excluding carboxylic acids is 1. The van der Waals surface area contributed by atoms with Gasteiger partial charge >= 0.3 is 12.0 Å². The van der Waals surface area contributed by atoms with Gasteiger partial charge in [-0.3, -0.25) is 24.6 Å². The fourth-order valence-corrected chi connectivity index (χ4v) is 6.04. The summed E-state index contributed by atoms with van der Waals surface area (Å²) in [5.41, 5.74) is 3.01. The maximum absolute atomic E-state index is 14.9. The van der Waals surface area contributed by atoms with Crippen LogP contribution in [-0.2, 0) is 11.3 Å². The van der Waals surface area contributed by atoms with Crippen molar-refractivity contribution in [2.75, 3.05) is 38.0 Å². The summed E-state index contributed by atoms with van der Waals surface area (Å²) in [6, 6.07) is 11.9. The van der Waals surface area contributed by atoms with Crippen LogP contribution in [0.4, 0.5) is 14.9 Å². The van der Waals surface area contributed by atoms with Gasteiger partial charge < -0.3 is 20.5 Å². The van der Waals surface area contributed by atoms with Crippen LogP contribution < -0.4 is 15.4 Å². The number of carboxylic acids is 1. The molecule has 1 aliphatic carbocycles. The lowest BCUT2D eigenvalue weighted by molar-refractivity contribution is -0.141. The number of halogens is 1. The normalized spacial score (nSPS) is 16.6. The Balaban J connectivity index is 1.08. The van der Waals surface area contributed by atoms with E-state index in [2.05, 4.69) is 31.5 Å². The maximum Gasteiger partial charge on any atom is 0.319 e. The van der Waals surface area contributed by atoms with Crippen molar-refractivity contribution < 1.29 is 23.8 Å². The zero-order chi connectivity index (χ0) is 29.9. The highest BCUT2D eigenvalue weighted by Crippen LogP contribution is 2.39. The summed E-state index contributed by atoms with van der Waals surface area (Å²) < 4.78 is 21.6. The smallest absolute Gasteiger partial charge is 0.319 e. The Kier molecular flexibility index (Phi) is 8.50. The van der Waals surface area contributed by atoms with Crippen LogP contribution in [0, 0.1) is 11.7 Å². The van der Waals surface area contributed by atoms with Crippen molar-refractivity contribution in [1.82, 2.24) is 25.1 Å². The van der Waals surface area contributed by atoms with Crippen LogP contribution in [0.5, 0.6) is 11.5 Å². The van der Waals surface area contributed by atoms with E-state index in [-0.39, 0.29) is 23.7 Å². The largest absolute Gasteiger partial charge is 0.481 e. The van der Waals surface area contributed by atoms with Crippen molar-refractivity contribution in [2.24, 2.45) is 5.92 Å². The third-order valence-corrected chi connectivity index (χ3v) is 8.76. The minimum absolute atomic E-state index is 0.0512. The van der Waals surface area contributed by atoms with Crippen LogP contribution in [-0.4, -0.2) is 75.6 Å². The molecule has 10 nitrogen and oxygen atoms in total. The number of amides is 2. The number of benzene rings is 1. The molecule has 2 aliphatic rings. The fourth-order valence-electron chi connectivity index (χ4n) is 5.00. The number of hydrogen-bond donors (Lipinski definition) is 3. The Hall–Kier alpha value is -4.13. The molecular formula is C31H33FN6O4S. The van der Waals surface area contributed by atoms with Gasteiger partial charge in [0.25, 0.3) is 0 Å². The summed E-state index contributed by atoms with van der Waals surface area (Å²) in [7, 11) is 0. The third-order valence-electron chi connectivity index (χ3n) is 7.60. The standard InChI is InChI=1S/C31H33FN6O4S/c1-19(30(39)40)17-37-10-12-38(13-11-37)18-20-2-6-24(34-16-20)28-15-25-29(43-28)27(8-9-33-25)42-26-7-5-22(14-23(26)32)36-31(41)35-21-3-4-21/h2,5-9,14-16,19,21H,3-4,10-13,17-18H2,1H3,(H,39,40)(H2,35,36,41)/t19-/m1/s1. The first-order chi connectivity index (χ1) is 20.8. The highest BCUT2D eigenvalue weighted by Gasteiger charge is 2.24. The van der Waals surface area contributed by atoms with E-state index >= 15 is 0 Å². The second-order valence-corrected chi connectivity index (χ2v) is 12.2. The highest BCUT2D eigenvalue weighted by atomic mass is 32.1. The van der Waals surface area contributed by atoms with Crippen LogP contribution in [0.2, 0.25) is 0 Å². The summed E-state index contributed by atoms with van der Waals surface area (Å²) in [4.78, 5) is 37.8. The molecule has 6 rings (SSSR count). The van der Waals surface area contributed by atoms with Gasteiger partial charge in [0.05, 0.1) is 26.7 Å². The molecule has 0 bridgehead atoms. The van der Waals surface area contributed by atoms with Gasteiger partial charge in [-0.05, 0) is 42.7 Å². The minimum atomic E-state index is -0.754. The Labute approximate surface area is 252 Å². The molecule has 1 aromatic carbocycles. The fraction of sp³-hybridized carbons (Fsp3) is 0.355.